The first-order valence-electron chi connectivity index (χ1n) is 11.0. The Hall–Kier alpha value is -0.910. The predicted octanol–water partition coefficient (Wildman–Crippen LogP) is 3.80. The van der Waals surface area contributed by atoms with E-state index in [2.05, 4.69) is 34.3 Å². The van der Waals surface area contributed by atoms with Gasteiger partial charge in [-0.2, -0.15) is 0 Å². The zero-order valence-corrected chi connectivity index (χ0v) is 18.4. The highest BCUT2D eigenvalue weighted by Gasteiger charge is 2.54. The van der Waals surface area contributed by atoms with Crippen molar-refractivity contribution in [1.29, 1.82) is 0 Å². The molecule has 0 saturated heterocycles. The summed E-state index contributed by atoms with van der Waals surface area (Å²) in [6.07, 6.45) is 9.19. The summed E-state index contributed by atoms with van der Waals surface area (Å²) in [4.78, 5) is 0. The largest absolute Gasteiger partial charge is 0.312 e. The maximum Gasteiger partial charge on any atom is 0.217 e. The van der Waals surface area contributed by atoms with Gasteiger partial charge in [0, 0.05) is 12.6 Å². The number of sulfonamides is 1. The molecule has 2 N–H and O–H groups in total. The molecule has 156 valence electrons. The van der Waals surface area contributed by atoms with Gasteiger partial charge in [0.15, 0.2) is 0 Å². The van der Waals surface area contributed by atoms with Gasteiger partial charge in [0.1, 0.15) is 0 Å². The van der Waals surface area contributed by atoms with Gasteiger partial charge >= 0.3 is 0 Å². The Labute approximate surface area is 170 Å². The molecule has 4 nitrogen and oxygen atoms in total. The third kappa shape index (κ3) is 3.66. The monoisotopic (exact) mass is 404 g/mol. The van der Waals surface area contributed by atoms with Crippen LogP contribution in [0.1, 0.15) is 70.4 Å². The number of fused-ring (bicyclic) bond motifs is 3. The van der Waals surface area contributed by atoms with Crippen LogP contribution in [0.2, 0.25) is 0 Å². The molecule has 2 unspecified atom stereocenters. The van der Waals surface area contributed by atoms with Crippen LogP contribution in [0.15, 0.2) is 24.3 Å². The van der Waals surface area contributed by atoms with Crippen molar-refractivity contribution in [2.45, 2.75) is 88.5 Å². The average Bonchev–Trinajstić information content (AvgIpc) is 3.19. The van der Waals surface area contributed by atoms with Crippen LogP contribution < -0.4 is 10.0 Å². The number of rotatable bonds is 5. The van der Waals surface area contributed by atoms with E-state index in [9.17, 15) is 8.42 Å². The van der Waals surface area contributed by atoms with Gasteiger partial charge in [0.05, 0.1) is 10.3 Å². The van der Waals surface area contributed by atoms with Crippen molar-refractivity contribution >= 4 is 10.0 Å². The van der Waals surface area contributed by atoms with Gasteiger partial charge in [-0.3, -0.25) is 0 Å². The normalized spacial score (nSPS) is 31.0. The van der Waals surface area contributed by atoms with E-state index in [0.29, 0.717) is 17.9 Å². The summed E-state index contributed by atoms with van der Waals surface area (Å²) in [7, 11) is -3.42. The van der Waals surface area contributed by atoms with Gasteiger partial charge in [0.2, 0.25) is 10.0 Å². The average molecular weight is 405 g/mol. The number of benzene rings is 1. The molecular weight excluding hydrogens is 368 g/mol. The molecule has 3 aliphatic carbocycles. The van der Waals surface area contributed by atoms with E-state index < -0.39 is 14.8 Å². The van der Waals surface area contributed by atoms with E-state index in [1.54, 1.807) is 20.8 Å². The first-order chi connectivity index (χ1) is 13.2. The highest BCUT2D eigenvalue weighted by molar-refractivity contribution is 7.90. The van der Waals surface area contributed by atoms with Crippen LogP contribution in [-0.4, -0.2) is 31.3 Å². The molecule has 2 atom stereocenters. The van der Waals surface area contributed by atoms with Crippen molar-refractivity contribution in [3.05, 3.63) is 35.4 Å². The lowest BCUT2D eigenvalue weighted by Crippen LogP contribution is -2.64. The highest BCUT2D eigenvalue weighted by atomic mass is 32.2. The number of hydrogen-bond acceptors (Lipinski definition) is 3. The van der Waals surface area contributed by atoms with Gasteiger partial charge < -0.3 is 5.32 Å². The molecule has 5 heteroatoms. The Morgan fingerprint density at radius 2 is 1.50 bits per heavy atom. The van der Waals surface area contributed by atoms with Crippen LogP contribution in [0.4, 0.5) is 0 Å². The molecule has 0 spiro atoms. The summed E-state index contributed by atoms with van der Waals surface area (Å²) < 4.78 is 29.1. The molecule has 0 aliphatic heterocycles. The molecule has 2 fully saturated rings. The van der Waals surface area contributed by atoms with Crippen molar-refractivity contribution in [2.24, 2.45) is 11.8 Å². The van der Waals surface area contributed by atoms with E-state index in [4.69, 9.17) is 0 Å². The van der Waals surface area contributed by atoms with Gasteiger partial charge in [-0.05, 0) is 82.3 Å². The molecule has 0 aromatic heterocycles. The molecule has 4 rings (SSSR count). The Morgan fingerprint density at radius 3 is 2.00 bits per heavy atom. The smallest absolute Gasteiger partial charge is 0.217 e. The number of nitrogens with one attached hydrogen (secondary N) is 2. The molecular formula is C23H36N2O2S. The predicted molar refractivity (Wildman–Crippen MR) is 115 cm³/mol. The summed E-state index contributed by atoms with van der Waals surface area (Å²) in [6.45, 7) is 6.18. The van der Waals surface area contributed by atoms with E-state index in [1.807, 2.05) is 0 Å². The van der Waals surface area contributed by atoms with Gasteiger partial charge in [-0.1, -0.05) is 37.1 Å². The lowest BCUT2D eigenvalue weighted by Gasteiger charge is -2.42. The van der Waals surface area contributed by atoms with Crippen LogP contribution in [0.5, 0.6) is 0 Å². The zero-order chi connectivity index (χ0) is 20.0. The second-order valence-corrected chi connectivity index (χ2v) is 12.7. The first kappa shape index (κ1) is 20.4. The van der Waals surface area contributed by atoms with Crippen molar-refractivity contribution in [3.8, 4) is 0 Å². The van der Waals surface area contributed by atoms with Crippen molar-refractivity contribution in [3.63, 3.8) is 0 Å². The highest BCUT2D eigenvalue weighted by Crippen LogP contribution is 2.48. The van der Waals surface area contributed by atoms with E-state index >= 15 is 0 Å². The maximum absolute atomic E-state index is 13.3. The summed E-state index contributed by atoms with van der Waals surface area (Å²) in [5.74, 6) is 0.708. The summed E-state index contributed by atoms with van der Waals surface area (Å²) in [5.41, 5.74) is 2.44. The maximum atomic E-state index is 13.3. The molecule has 1 aromatic carbocycles. The molecule has 0 amide bonds. The van der Waals surface area contributed by atoms with E-state index in [1.165, 1.54) is 36.8 Å². The van der Waals surface area contributed by atoms with Gasteiger partial charge in [-0.25, -0.2) is 13.1 Å². The van der Waals surface area contributed by atoms with Crippen LogP contribution in [0.3, 0.4) is 0 Å². The standard InChI is InChI=1S/C23H36N2O2S/c1-22(2,3)28(26,27)25-23(16-24-21-10-6-7-11-21)19-12-13-20(23)15-18-9-5-4-8-17(18)14-19/h4-5,8-9,19-21,24-25H,6-7,10-16H2,1-3H3. The second kappa shape index (κ2) is 7.41. The van der Waals surface area contributed by atoms with Crippen molar-refractivity contribution < 1.29 is 8.42 Å². The third-order valence-electron chi connectivity index (χ3n) is 7.54. The minimum atomic E-state index is -3.42. The second-order valence-electron chi connectivity index (χ2n) is 10.3. The van der Waals surface area contributed by atoms with Crippen molar-refractivity contribution in [2.75, 3.05) is 6.54 Å². The van der Waals surface area contributed by atoms with Crippen molar-refractivity contribution in [1.82, 2.24) is 10.0 Å². The minimum absolute atomic E-state index is 0.354. The van der Waals surface area contributed by atoms with Gasteiger partial charge in [-0.15, -0.1) is 0 Å². The number of hydrogen-bond donors (Lipinski definition) is 2. The lowest BCUT2D eigenvalue weighted by atomic mass is 9.79. The topological polar surface area (TPSA) is 58.2 Å². The van der Waals surface area contributed by atoms with E-state index in [-0.39, 0.29) is 5.54 Å². The Morgan fingerprint density at radius 1 is 0.964 bits per heavy atom. The Balaban J connectivity index is 1.68. The fraction of sp³-hybridized carbons (Fsp3) is 0.739. The van der Waals surface area contributed by atoms with Crippen LogP contribution in [0.25, 0.3) is 0 Å². The summed E-state index contributed by atoms with van der Waals surface area (Å²) in [5, 5.41) is 3.79. The molecule has 3 aliphatic rings. The fourth-order valence-corrected chi connectivity index (χ4v) is 6.86. The molecule has 1 aromatic rings. The summed E-state index contributed by atoms with van der Waals surface area (Å²) in [6, 6.07) is 9.26. The quantitative estimate of drug-likeness (QED) is 0.785. The lowest BCUT2D eigenvalue weighted by molar-refractivity contribution is 0.206. The van der Waals surface area contributed by atoms with Crippen LogP contribution in [0, 0.1) is 11.8 Å². The van der Waals surface area contributed by atoms with E-state index in [0.717, 1.165) is 32.2 Å². The minimum Gasteiger partial charge on any atom is -0.312 e. The fourth-order valence-electron chi connectivity index (χ4n) is 5.64. The Kier molecular flexibility index (Phi) is 5.39. The molecule has 2 saturated carbocycles. The molecule has 2 bridgehead atoms. The Bertz CT molecular complexity index is 773. The molecule has 28 heavy (non-hydrogen) atoms. The third-order valence-corrected chi connectivity index (χ3v) is 9.80. The van der Waals surface area contributed by atoms with Gasteiger partial charge in [0.25, 0.3) is 0 Å². The first-order valence-corrected chi connectivity index (χ1v) is 12.5. The zero-order valence-electron chi connectivity index (χ0n) is 17.6. The molecule has 0 heterocycles. The van der Waals surface area contributed by atoms with Crippen LogP contribution >= 0.6 is 0 Å². The SMILES string of the molecule is CC(C)(C)S(=O)(=O)NC1(CNC2CCCC2)C2CCC1Cc1ccccc1C2. The van der Waals surface area contributed by atoms with Crippen LogP contribution in [-0.2, 0) is 22.9 Å². The summed E-state index contributed by atoms with van der Waals surface area (Å²) >= 11 is 0. The molecule has 0 radical (unpaired) electrons.